The number of imidazole rings is 1. The van der Waals surface area contributed by atoms with Crippen LogP contribution in [-0.2, 0) is 0 Å². The van der Waals surface area contributed by atoms with Gasteiger partial charge in [-0.05, 0) is 92.2 Å². The Morgan fingerprint density at radius 3 is 1.80 bits per heavy atom. The van der Waals surface area contributed by atoms with Gasteiger partial charge in [-0.15, -0.1) is 0 Å². The van der Waals surface area contributed by atoms with Gasteiger partial charge in [0.15, 0.2) is 11.7 Å². The maximum Gasteiger partial charge on any atom is 0.164 e. The quantitative estimate of drug-likeness (QED) is 0.167. The summed E-state index contributed by atoms with van der Waals surface area (Å²) in [6.45, 7) is 0. The Morgan fingerprint density at radius 1 is 0.459 bits per heavy atom. The van der Waals surface area contributed by atoms with Gasteiger partial charge in [-0.25, -0.2) is 15.0 Å². The fourth-order valence-corrected chi connectivity index (χ4v) is 8.36. The molecule has 1 N–H and O–H groups in total. The number of para-hydroxylation sites is 2. The molecule has 1 unspecified atom stereocenters. The van der Waals surface area contributed by atoms with Gasteiger partial charge in [-0.3, -0.25) is 9.55 Å². The largest absolute Gasteiger partial charge is 0.344 e. The number of hydrogen-bond acceptors (Lipinski definition) is 5. The highest BCUT2D eigenvalue weighted by atomic mass is 15.2. The second-order valence-electron chi connectivity index (χ2n) is 15.1. The monoisotopic (exact) mass is 782 g/mol. The Kier molecular flexibility index (Phi) is 9.13. The summed E-state index contributed by atoms with van der Waals surface area (Å²) in [7, 11) is 0. The molecule has 0 saturated carbocycles. The molecule has 2 aromatic heterocycles. The molecule has 1 aliphatic rings. The van der Waals surface area contributed by atoms with E-state index in [1.54, 1.807) is 0 Å². The van der Waals surface area contributed by atoms with Crippen molar-refractivity contribution in [2.24, 2.45) is 9.98 Å². The van der Waals surface area contributed by atoms with E-state index < -0.39 is 0 Å². The zero-order valence-corrected chi connectivity index (χ0v) is 33.1. The maximum absolute atomic E-state index is 5.23. The van der Waals surface area contributed by atoms with E-state index in [9.17, 15) is 0 Å². The van der Waals surface area contributed by atoms with Crippen LogP contribution in [0.3, 0.4) is 0 Å². The minimum atomic E-state index is -0.309. The second-order valence-corrected chi connectivity index (χ2v) is 15.1. The third-order valence-electron chi connectivity index (χ3n) is 11.4. The maximum atomic E-state index is 5.23. The number of pyridine rings is 1. The Morgan fingerprint density at radius 2 is 1.07 bits per heavy atom. The molecule has 0 spiro atoms. The van der Waals surface area contributed by atoms with Gasteiger partial charge >= 0.3 is 0 Å². The number of benzene rings is 8. The average molecular weight is 783 g/mol. The number of amidine groups is 2. The molecule has 0 aliphatic carbocycles. The number of aromatic nitrogens is 3. The zero-order valence-electron chi connectivity index (χ0n) is 33.1. The molecule has 6 heteroatoms. The van der Waals surface area contributed by atoms with Crippen molar-refractivity contribution < 1.29 is 0 Å². The molecular formula is C55H38N6. The number of fused-ring (bicyclic) bond motifs is 2. The molecule has 288 valence electrons. The first-order chi connectivity index (χ1) is 30.2. The van der Waals surface area contributed by atoms with Crippen LogP contribution in [0, 0.1) is 0 Å². The molecule has 0 bridgehead atoms. The van der Waals surface area contributed by atoms with Crippen molar-refractivity contribution in [1.82, 2.24) is 19.9 Å². The molecule has 6 nitrogen and oxygen atoms in total. The van der Waals surface area contributed by atoms with Crippen LogP contribution in [-0.4, -0.2) is 26.2 Å². The Hall–Kier alpha value is -8.22. The SMILES string of the molecule is c1ccc(C2=NC(c3cccc(-c4cccc5c(-c6ccc(-n7c(-c8ccccn8)nc8ccccc87)cc6)cccc45)c3)=NC(c3ccc(-c4ccccc4)cc3)N2)cc1. The van der Waals surface area contributed by atoms with Crippen LogP contribution < -0.4 is 5.32 Å². The third-order valence-corrected chi connectivity index (χ3v) is 11.4. The van der Waals surface area contributed by atoms with Gasteiger partial charge in [-0.2, -0.15) is 0 Å². The average Bonchev–Trinajstić information content (AvgIpc) is 3.74. The summed E-state index contributed by atoms with van der Waals surface area (Å²) in [4.78, 5) is 20.0. The van der Waals surface area contributed by atoms with Crippen LogP contribution in [0.25, 0.3) is 72.4 Å². The number of nitrogens with zero attached hydrogens (tertiary/aromatic N) is 5. The highest BCUT2D eigenvalue weighted by Crippen LogP contribution is 2.37. The van der Waals surface area contributed by atoms with Crippen molar-refractivity contribution in [3.05, 3.63) is 235 Å². The molecule has 3 heterocycles. The molecule has 1 atom stereocenters. The fourth-order valence-electron chi connectivity index (χ4n) is 8.36. The van der Waals surface area contributed by atoms with E-state index >= 15 is 0 Å². The van der Waals surface area contributed by atoms with E-state index in [-0.39, 0.29) is 6.17 Å². The molecule has 61 heavy (non-hydrogen) atoms. The van der Waals surface area contributed by atoms with Gasteiger partial charge < -0.3 is 5.32 Å². The van der Waals surface area contributed by atoms with E-state index in [1.807, 2.05) is 60.8 Å². The number of rotatable bonds is 8. The summed E-state index contributed by atoms with van der Waals surface area (Å²) in [5.74, 6) is 2.30. The van der Waals surface area contributed by atoms with Gasteiger partial charge in [0.05, 0.1) is 11.0 Å². The third kappa shape index (κ3) is 6.86. The van der Waals surface area contributed by atoms with Crippen molar-refractivity contribution >= 4 is 33.5 Å². The normalized spacial score (nSPS) is 13.7. The lowest BCUT2D eigenvalue weighted by Gasteiger charge is -2.24. The first-order valence-corrected chi connectivity index (χ1v) is 20.5. The van der Waals surface area contributed by atoms with E-state index in [0.29, 0.717) is 5.84 Å². The van der Waals surface area contributed by atoms with E-state index in [0.717, 1.165) is 67.5 Å². The summed E-state index contributed by atoms with van der Waals surface area (Å²) in [6, 6.07) is 74.1. The van der Waals surface area contributed by atoms with E-state index in [4.69, 9.17) is 15.0 Å². The summed E-state index contributed by atoms with van der Waals surface area (Å²) in [6.07, 6.45) is 1.50. The summed E-state index contributed by atoms with van der Waals surface area (Å²) in [5, 5.41) is 5.98. The lowest BCUT2D eigenvalue weighted by atomic mass is 9.92. The molecular weight excluding hydrogens is 745 g/mol. The lowest BCUT2D eigenvalue weighted by molar-refractivity contribution is 0.674. The first-order valence-electron chi connectivity index (χ1n) is 20.5. The van der Waals surface area contributed by atoms with Crippen molar-refractivity contribution in [2.45, 2.75) is 6.17 Å². The molecule has 0 fully saturated rings. The van der Waals surface area contributed by atoms with Crippen LogP contribution in [0.15, 0.2) is 229 Å². The van der Waals surface area contributed by atoms with Gasteiger partial charge in [0.1, 0.15) is 17.7 Å². The van der Waals surface area contributed by atoms with Gasteiger partial charge in [0, 0.05) is 23.0 Å². The topological polar surface area (TPSA) is 67.5 Å². The molecule has 1 aliphatic heterocycles. The summed E-state index contributed by atoms with van der Waals surface area (Å²) < 4.78 is 2.19. The fraction of sp³-hybridized carbons (Fsp3) is 0.0182. The Balaban J connectivity index is 0.947. The number of hydrogen-bond donors (Lipinski definition) is 1. The predicted octanol–water partition coefficient (Wildman–Crippen LogP) is 12.7. The van der Waals surface area contributed by atoms with E-state index in [1.165, 1.54) is 27.5 Å². The minimum Gasteiger partial charge on any atom is -0.344 e. The van der Waals surface area contributed by atoms with Crippen LogP contribution in [0.5, 0.6) is 0 Å². The molecule has 11 rings (SSSR count). The van der Waals surface area contributed by atoms with Crippen LogP contribution >= 0.6 is 0 Å². The standard InChI is InChI=1S/C55H38N6/c1-3-14-37(15-4-1)38-27-29-41(30-28-38)53-58-52(40-16-5-2-6-17-40)59-54(60-53)43-19-11-18-42(36-43)46-21-13-22-47-45(20-12-23-48(46)47)39-31-33-44(34-32-39)61-51-26-8-7-24-49(51)57-55(61)50-25-9-10-35-56-50/h1-36,53H,(H,58,59,60). The molecule has 0 saturated heterocycles. The van der Waals surface area contributed by atoms with Crippen LogP contribution in [0.2, 0.25) is 0 Å². The van der Waals surface area contributed by atoms with Crippen molar-refractivity contribution in [3.8, 4) is 50.6 Å². The van der Waals surface area contributed by atoms with Crippen LogP contribution in [0.4, 0.5) is 0 Å². The number of aliphatic imine (C=N–C) groups is 2. The zero-order chi connectivity index (χ0) is 40.5. The Labute approximate surface area is 353 Å². The van der Waals surface area contributed by atoms with Crippen molar-refractivity contribution in [1.29, 1.82) is 0 Å². The van der Waals surface area contributed by atoms with E-state index in [2.05, 4.69) is 173 Å². The Bertz CT molecular complexity index is 3240. The van der Waals surface area contributed by atoms with Crippen LogP contribution in [0.1, 0.15) is 22.9 Å². The van der Waals surface area contributed by atoms with Gasteiger partial charge in [0.25, 0.3) is 0 Å². The second kappa shape index (κ2) is 15.5. The first kappa shape index (κ1) is 35.9. The molecule has 0 radical (unpaired) electrons. The van der Waals surface area contributed by atoms with Crippen molar-refractivity contribution in [3.63, 3.8) is 0 Å². The lowest BCUT2D eigenvalue weighted by Crippen LogP contribution is -2.33. The number of nitrogens with one attached hydrogen (secondary N) is 1. The predicted molar refractivity (Wildman–Crippen MR) is 250 cm³/mol. The smallest absolute Gasteiger partial charge is 0.164 e. The minimum absolute atomic E-state index is 0.309. The highest BCUT2D eigenvalue weighted by molar-refractivity contribution is 6.13. The molecule has 0 amide bonds. The summed E-state index contributed by atoms with van der Waals surface area (Å²) in [5.41, 5.74) is 13.8. The van der Waals surface area contributed by atoms with Gasteiger partial charge in [0.2, 0.25) is 0 Å². The highest BCUT2D eigenvalue weighted by Gasteiger charge is 2.22. The van der Waals surface area contributed by atoms with Gasteiger partial charge in [-0.1, -0.05) is 170 Å². The van der Waals surface area contributed by atoms with Crippen molar-refractivity contribution in [2.75, 3.05) is 0 Å². The molecule has 10 aromatic rings. The summed E-state index contributed by atoms with van der Waals surface area (Å²) >= 11 is 0. The molecule has 8 aromatic carbocycles.